The summed E-state index contributed by atoms with van der Waals surface area (Å²) in [5.41, 5.74) is 6.09. The predicted molar refractivity (Wildman–Crippen MR) is 92.4 cm³/mol. The number of hydrogen-bond donors (Lipinski definition) is 1. The number of nitrogens with two attached hydrogens (primary N) is 1. The Balaban J connectivity index is 1.45. The van der Waals surface area contributed by atoms with Gasteiger partial charge in [-0.15, -0.1) is 0 Å². The minimum Gasteiger partial charge on any atom is -0.379 e. The fourth-order valence-electron chi connectivity index (χ4n) is 3.18. The zero-order valence-corrected chi connectivity index (χ0v) is 14.2. The number of pyridine rings is 1. The molecular weight excluding hydrogens is 336 g/mol. The van der Waals surface area contributed by atoms with E-state index in [-0.39, 0.29) is 42.5 Å². The first kappa shape index (κ1) is 17.8. The average molecular weight is 356 g/mol. The molecule has 0 spiro atoms. The normalized spacial score (nSPS) is 22.5. The van der Waals surface area contributed by atoms with Gasteiger partial charge in [0.05, 0.1) is 11.8 Å². The Morgan fingerprint density at radius 1 is 1.23 bits per heavy atom. The molecule has 1 saturated heterocycles. The van der Waals surface area contributed by atoms with Gasteiger partial charge in [-0.25, -0.2) is 4.79 Å². The molecule has 1 aliphatic carbocycles. The van der Waals surface area contributed by atoms with Crippen molar-refractivity contribution in [3.05, 3.63) is 42.2 Å². The van der Waals surface area contributed by atoms with Gasteiger partial charge in [0, 0.05) is 19.2 Å². The third kappa shape index (κ3) is 3.79. The van der Waals surface area contributed by atoms with Gasteiger partial charge >= 0.3 is 5.97 Å². The number of carbonyl (C=O) groups excluding carboxylic acids is 3. The fourth-order valence-corrected chi connectivity index (χ4v) is 3.18. The first-order chi connectivity index (χ1) is 12.6. The minimum absolute atomic E-state index is 0.000392. The van der Waals surface area contributed by atoms with Crippen LogP contribution in [0, 0.1) is 11.8 Å². The summed E-state index contributed by atoms with van der Waals surface area (Å²) < 4.78 is 0. The number of hydrogen-bond acceptors (Lipinski definition) is 6. The van der Waals surface area contributed by atoms with Gasteiger partial charge in [-0.2, -0.15) is 0 Å². The fraction of sp³-hybridized carbons (Fsp3) is 0.389. The molecular formula is C18H20N4O4. The second kappa shape index (κ2) is 7.90. The van der Waals surface area contributed by atoms with E-state index in [1.54, 1.807) is 24.4 Å². The maximum atomic E-state index is 12.3. The van der Waals surface area contributed by atoms with Crippen molar-refractivity contribution in [2.24, 2.45) is 22.7 Å². The molecule has 8 heteroatoms. The molecule has 0 bridgehead atoms. The second-order valence-electron chi connectivity index (χ2n) is 6.24. The number of aromatic nitrogens is 1. The summed E-state index contributed by atoms with van der Waals surface area (Å²) in [6, 6.07) is 5.12. The lowest BCUT2D eigenvalue weighted by atomic mass is 9.85. The largest absolute Gasteiger partial charge is 0.379 e. The van der Waals surface area contributed by atoms with Crippen molar-refractivity contribution in [1.29, 1.82) is 0 Å². The first-order valence-corrected chi connectivity index (χ1v) is 8.53. The molecule has 1 aromatic heterocycles. The van der Waals surface area contributed by atoms with Crippen LogP contribution in [-0.2, 0) is 19.2 Å². The summed E-state index contributed by atoms with van der Waals surface area (Å²) in [5, 5.41) is 3.56. The number of rotatable bonds is 6. The zero-order chi connectivity index (χ0) is 18.5. The molecule has 2 amide bonds. The van der Waals surface area contributed by atoms with Gasteiger partial charge in [-0.05, 0) is 31.4 Å². The van der Waals surface area contributed by atoms with Crippen LogP contribution in [0.25, 0.3) is 0 Å². The predicted octanol–water partition coefficient (Wildman–Crippen LogP) is 0.976. The number of allylic oxidation sites excluding steroid dienone is 2. The van der Waals surface area contributed by atoms with Crippen LogP contribution >= 0.6 is 0 Å². The molecule has 1 aliphatic heterocycles. The van der Waals surface area contributed by atoms with Gasteiger partial charge in [-0.1, -0.05) is 23.4 Å². The Morgan fingerprint density at radius 2 is 1.92 bits per heavy atom. The van der Waals surface area contributed by atoms with Crippen molar-refractivity contribution in [2.45, 2.75) is 25.7 Å². The standard InChI is InChI=1S/C18H20N4O4/c19-16(14-8-3-4-10-20-14)21-26-15(23)9-5-11-22-17(24)12-6-1-2-7-13(12)18(22)25/h1-4,8,10,12-13H,5-7,9,11H2,(H2,19,21)/t12-,13+. The van der Waals surface area contributed by atoms with Crippen molar-refractivity contribution in [3.8, 4) is 0 Å². The van der Waals surface area contributed by atoms with E-state index in [0.717, 1.165) is 0 Å². The highest BCUT2D eigenvalue weighted by atomic mass is 16.7. The number of amides is 2. The highest BCUT2D eigenvalue weighted by molar-refractivity contribution is 6.05. The van der Waals surface area contributed by atoms with E-state index in [4.69, 9.17) is 10.6 Å². The lowest BCUT2D eigenvalue weighted by Crippen LogP contribution is -2.32. The molecule has 1 aromatic rings. The average Bonchev–Trinajstić information content (AvgIpc) is 2.92. The summed E-state index contributed by atoms with van der Waals surface area (Å²) in [6.45, 7) is 0.208. The number of amidine groups is 1. The molecule has 2 N–H and O–H groups in total. The van der Waals surface area contributed by atoms with Crippen LogP contribution < -0.4 is 5.73 Å². The molecule has 8 nitrogen and oxygen atoms in total. The number of likely N-dealkylation sites (tertiary alicyclic amines) is 1. The van der Waals surface area contributed by atoms with E-state index in [9.17, 15) is 14.4 Å². The quantitative estimate of drug-likeness (QED) is 0.203. The van der Waals surface area contributed by atoms with Crippen molar-refractivity contribution in [2.75, 3.05) is 6.54 Å². The van der Waals surface area contributed by atoms with Gasteiger partial charge in [0.25, 0.3) is 0 Å². The number of carbonyl (C=O) groups is 3. The van der Waals surface area contributed by atoms with Crippen LogP contribution in [0.5, 0.6) is 0 Å². The smallest absolute Gasteiger partial charge is 0.335 e. The summed E-state index contributed by atoms with van der Waals surface area (Å²) in [6.07, 6.45) is 7.00. The number of nitrogens with zero attached hydrogens (tertiary/aromatic N) is 3. The van der Waals surface area contributed by atoms with Crippen LogP contribution in [-0.4, -0.2) is 40.0 Å². The van der Waals surface area contributed by atoms with Crippen LogP contribution in [0.1, 0.15) is 31.4 Å². The van der Waals surface area contributed by atoms with Crippen molar-refractivity contribution < 1.29 is 19.2 Å². The van der Waals surface area contributed by atoms with Crippen molar-refractivity contribution in [3.63, 3.8) is 0 Å². The number of fused-ring (bicyclic) bond motifs is 1. The molecule has 2 heterocycles. The van der Waals surface area contributed by atoms with Gasteiger partial charge < -0.3 is 10.6 Å². The SMILES string of the molecule is N/C(=N\OC(=O)CCCN1C(=O)[C@H]2CC=CC[C@H]2C1=O)c1ccccn1. The highest BCUT2D eigenvalue weighted by Gasteiger charge is 2.46. The lowest BCUT2D eigenvalue weighted by molar-refractivity contribution is -0.145. The molecule has 2 aliphatic rings. The van der Waals surface area contributed by atoms with Crippen LogP contribution in [0.2, 0.25) is 0 Å². The topological polar surface area (TPSA) is 115 Å². The molecule has 3 rings (SSSR count). The molecule has 26 heavy (non-hydrogen) atoms. The minimum atomic E-state index is -0.581. The zero-order valence-electron chi connectivity index (χ0n) is 14.2. The Morgan fingerprint density at radius 3 is 2.54 bits per heavy atom. The third-order valence-corrected chi connectivity index (χ3v) is 4.53. The Hall–Kier alpha value is -3.03. The van der Waals surface area contributed by atoms with Crippen LogP contribution in [0.4, 0.5) is 0 Å². The number of oxime groups is 1. The molecule has 0 unspecified atom stereocenters. The molecule has 136 valence electrons. The van der Waals surface area contributed by atoms with Crippen molar-refractivity contribution >= 4 is 23.6 Å². The van der Waals surface area contributed by atoms with Gasteiger partial charge in [0.1, 0.15) is 5.69 Å². The highest BCUT2D eigenvalue weighted by Crippen LogP contribution is 2.35. The van der Waals surface area contributed by atoms with E-state index in [1.807, 2.05) is 12.2 Å². The van der Waals surface area contributed by atoms with Gasteiger partial charge in [0.2, 0.25) is 11.8 Å². The maximum absolute atomic E-state index is 12.3. The third-order valence-electron chi connectivity index (χ3n) is 4.53. The molecule has 1 fully saturated rings. The maximum Gasteiger partial charge on any atom is 0.335 e. The van der Waals surface area contributed by atoms with Crippen LogP contribution in [0.15, 0.2) is 41.7 Å². The van der Waals surface area contributed by atoms with E-state index in [0.29, 0.717) is 25.0 Å². The Labute approximate surface area is 150 Å². The van der Waals surface area contributed by atoms with Gasteiger partial charge in [-0.3, -0.25) is 19.5 Å². The van der Waals surface area contributed by atoms with Crippen molar-refractivity contribution in [1.82, 2.24) is 9.88 Å². The number of imide groups is 1. The first-order valence-electron chi connectivity index (χ1n) is 8.53. The summed E-state index contributed by atoms with van der Waals surface area (Å²) in [5.74, 6) is -1.36. The molecule has 0 aromatic carbocycles. The molecule has 0 radical (unpaired) electrons. The Bertz CT molecular complexity index is 734. The van der Waals surface area contributed by atoms with Gasteiger partial charge in [0.15, 0.2) is 5.84 Å². The van der Waals surface area contributed by atoms with E-state index in [2.05, 4.69) is 10.1 Å². The molecule has 0 saturated carbocycles. The second-order valence-corrected chi connectivity index (χ2v) is 6.24. The van der Waals surface area contributed by atoms with E-state index >= 15 is 0 Å². The summed E-state index contributed by atoms with van der Waals surface area (Å²) in [4.78, 5) is 46.4. The Kier molecular flexibility index (Phi) is 5.40. The summed E-state index contributed by atoms with van der Waals surface area (Å²) in [7, 11) is 0. The summed E-state index contributed by atoms with van der Waals surface area (Å²) >= 11 is 0. The van der Waals surface area contributed by atoms with Crippen LogP contribution in [0.3, 0.4) is 0 Å². The molecule has 2 atom stereocenters. The lowest BCUT2D eigenvalue weighted by Gasteiger charge is -2.14. The monoisotopic (exact) mass is 356 g/mol. The van der Waals surface area contributed by atoms with E-state index in [1.165, 1.54) is 4.90 Å². The van der Waals surface area contributed by atoms with E-state index < -0.39 is 5.97 Å².